The first-order chi connectivity index (χ1) is 14.5. The Balaban J connectivity index is 1.84. The Hall–Kier alpha value is -4.27. The first-order valence-electron chi connectivity index (χ1n) is 8.94. The van der Waals surface area contributed by atoms with Gasteiger partial charge in [0.1, 0.15) is 17.6 Å². The highest BCUT2D eigenvalue weighted by molar-refractivity contribution is 6.46. The number of carbonyl (C=O) groups is 2. The highest BCUT2D eigenvalue weighted by atomic mass is 16.6. The molecule has 1 aliphatic rings. The van der Waals surface area contributed by atoms with Gasteiger partial charge in [0, 0.05) is 23.9 Å². The minimum Gasteiger partial charge on any atom is -0.507 e. The Morgan fingerprint density at radius 1 is 1.17 bits per heavy atom. The number of amides is 1. The molecule has 1 N–H and O–H groups in total. The lowest BCUT2D eigenvalue weighted by Crippen LogP contribution is -2.29. The quantitative estimate of drug-likeness (QED) is 0.227. The number of aromatic nitrogens is 1. The number of ketones is 1. The number of Topliss-reactive ketones (excluding diaryl/α,β-unsaturated/α-hetero) is 1. The predicted molar refractivity (Wildman–Crippen MR) is 104 cm³/mol. The van der Waals surface area contributed by atoms with Crippen molar-refractivity contribution in [1.82, 2.24) is 9.88 Å². The first-order valence-corrected chi connectivity index (χ1v) is 8.94. The minimum absolute atomic E-state index is 0.0164. The fourth-order valence-corrected chi connectivity index (χ4v) is 3.37. The van der Waals surface area contributed by atoms with Gasteiger partial charge in [0.25, 0.3) is 17.4 Å². The lowest BCUT2D eigenvalue weighted by Gasteiger charge is -2.22. The lowest BCUT2D eigenvalue weighted by atomic mass is 9.99. The lowest BCUT2D eigenvalue weighted by molar-refractivity contribution is -0.384. The Bertz CT molecular complexity index is 1150. The summed E-state index contributed by atoms with van der Waals surface area (Å²) < 4.78 is 5.44. The van der Waals surface area contributed by atoms with Crippen LogP contribution in [0.4, 0.5) is 5.69 Å². The average Bonchev–Trinajstić information content (AvgIpc) is 3.37. The van der Waals surface area contributed by atoms with Crippen LogP contribution >= 0.6 is 0 Å². The van der Waals surface area contributed by atoms with E-state index < -0.39 is 28.4 Å². The molecule has 1 unspecified atom stereocenters. The van der Waals surface area contributed by atoms with E-state index in [1.165, 1.54) is 29.4 Å². The van der Waals surface area contributed by atoms with Crippen LogP contribution in [-0.2, 0) is 16.1 Å². The summed E-state index contributed by atoms with van der Waals surface area (Å²) >= 11 is 0. The summed E-state index contributed by atoms with van der Waals surface area (Å²) in [6.45, 7) is 0.0164. The van der Waals surface area contributed by atoms with E-state index in [1.54, 1.807) is 36.5 Å². The van der Waals surface area contributed by atoms with Gasteiger partial charge in [0.15, 0.2) is 0 Å². The Morgan fingerprint density at radius 3 is 2.67 bits per heavy atom. The first kappa shape index (κ1) is 19.1. The topological polar surface area (TPSA) is 127 Å². The molecule has 1 aromatic carbocycles. The van der Waals surface area contributed by atoms with E-state index in [0.29, 0.717) is 5.69 Å². The van der Waals surface area contributed by atoms with Gasteiger partial charge >= 0.3 is 0 Å². The molecule has 0 spiro atoms. The van der Waals surface area contributed by atoms with E-state index in [-0.39, 0.29) is 29.1 Å². The molecule has 9 heteroatoms. The Labute approximate surface area is 170 Å². The molecule has 3 aromatic rings. The van der Waals surface area contributed by atoms with Gasteiger partial charge in [0.05, 0.1) is 29.0 Å². The highest BCUT2D eigenvalue weighted by Crippen LogP contribution is 2.40. The van der Waals surface area contributed by atoms with Crippen LogP contribution in [0, 0.1) is 10.1 Å². The molecule has 0 aliphatic carbocycles. The van der Waals surface area contributed by atoms with Gasteiger partial charge in [-0.15, -0.1) is 0 Å². The fourth-order valence-electron chi connectivity index (χ4n) is 3.37. The molecule has 150 valence electrons. The molecule has 30 heavy (non-hydrogen) atoms. The number of aliphatic hydroxyl groups excluding tert-OH is 1. The van der Waals surface area contributed by atoms with Gasteiger partial charge in [-0.2, -0.15) is 0 Å². The van der Waals surface area contributed by atoms with Gasteiger partial charge in [-0.05, 0) is 24.3 Å². The molecule has 1 aliphatic heterocycles. The minimum atomic E-state index is -0.999. The Kier molecular flexibility index (Phi) is 4.85. The van der Waals surface area contributed by atoms with E-state index in [4.69, 9.17) is 4.42 Å². The highest BCUT2D eigenvalue weighted by Gasteiger charge is 2.47. The van der Waals surface area contributed by atoms with Gasteiger partial charge in [-0.1, -0.05) is 18.2 Å². The summed E-state index contributed by atoms with van der Waals surface area (Å²) in [5, 5.41) is 21.9. The summed E-state index contributed by atoms with van der Waals surface area (Å²) in [4.78, 5) is 41.5. The number of nitrogens with zero attached hydrogens (tertiary/aromatic N) is 3. The molecule has 1 atom stereocenters. The monoisotopic (exact) mass is 405 g/mol. The largest absolute Gasteiger partial charge is 0.507 e. The molecular weight excluding hydrogens is 390 g/mol. The number of aliphatic hydroxyl groups is 1. The van der Waals surface area contributed by atoms with Crippen molar-refractivity contribution in [2.45, 2.75) is 12.6 Å². The summed E-state index contributed by atoms with van der Waals surface area (Å²) in [6, 6.07) is 12.6. The van der Waals surface area contributed by atoms with Crippen molar-refractivity contribution >= 4 is 23.1 Å². The molecule has 3 heterocycles. The van der Waals surface area contributed by atoms with Crippen LogP contribution in [0.25, 0.3) is 5.76 Å². The summed E-state index contributed by atoms with van der Waals surface area (Å²) in [7, 11) is 0. The number of rotatable bonds is 5. The number of carbonyl (C=O) groups excluding carboxylic acids is 2. The molecule has 1 fully saturated rings. The maximum atomic E-state index is 12.8. The number of likely N-dealkylation sites (tertiary alicyclic amines) is 1. The van der Waals surface area contributed by atoms with Crippen LogP contribution in [0.5, 0.6) is 0 Å². The number of nitro benzene ring substituents is 1. The van der Waals surface area contributed by atoms with Crippen molar-refractivity contribution in [3.05, 3.63) is 99.8 Å². The van der Waals surface area contributed by atoms with Crippen LogP contribution in [0.15, 0.2) is 77.0 Å². The van der Waals surface area contributed by atoms with Crippen molar-refractivity contribution < 1.29 is 24.0 Å². The number of pyridine rings is 1. The van der Waals surface area contributed by atoms with Crippen molar-refractivity contribution in [1.29, 1.82) is 0 Å². The van der Waals surface area contributed by atoms with Crippen LogP contribution in [0.3, 0.4) is 0 Å². The third-order valence-corrected chi connectivity index (χ3v) is 4.74. The smallest absolute Gasteiger partial charge is 0.296 e. The second-order valence-electron chi connectivity index (χ2n) is 6.57. The fraction of sp³-hybridized carbons (Fsp3) is 0.0952. The van der Waals surface area contributed by atoms with Crippen molar-refractivity contribution in [2.75, 3.05) is 0 Å². The predicted octanol–water partition coefficient (Wildman–Crippen LogP) is 3.20. The van der Waals surface area contributed by atoms with Crippen LogP contribution in [0.2, 0.25) is 0 Å². The number of benzene rings is 1. The molecule has 2 aromatic heterocycles. The molecule has 0 bridgehead atoms. The summed E-state index contributed by atoms with van der Waals surface area (Å²) in [5.74, 6) is -1.97. The van der Waals surface area contributed by atoms with Gasteiger partial charge in [-0.3, -0.25) is 24.7 Å². The third-order valence-electron chi connectivity index (χ3n) is 4.74. The van der Waals surface area contributed by atoms with Gasteiger partial charge in [0.2, 0.25) is 0 Å². The Morgan fingerprint density at radius 2 is 2.00 bits per heavy atom. The maximum Gasteiger partial charge on any atom is 0.296 e. The van der Waals surface area contributed by atoms with Gasteiger partial charge in [-0.25, -0.2) is 0 Å². The summed E-state index contributed by atoms with van der Waals surface area (Å²) in [6.07, 6.45) is 2.96. The van der Waals surface area contributed by atoms with Crippen LogP contribution in [0.1, 0.15) is 23.1 Å². The molecular formula is C21H15N3O6. The second-order valence-corrected chi connectivity index (χ2v) is 6.57. The number of hydrogen-bond acceptors (Lipinski definition) is 7. The van der Waals surface area contributed by atoms with E-state index >= 15 is 0 Å². The van der Waals surface area contributed by atoms with E-state index in [2.05, 4.69) is 4.98 Å². The van der Waals surface area contributed by atoms with Crippen LogP contribution in [-0.4, -0.2) is 31.6 Å². The van der Waals surface area contributed by atoms with E-state index in [1.807, 2.05) is 0 Å². The maximum absolute atomic E-state index is 12.8. The molecule has 1 saturated heterocycles. The van der Waals surface area contributed by atoms with Crippen LogP contribution < -0.4 is 0 Å². The molecule has 4 rings (SSSR count). The normalized spacial score (nSPS) is 18.0. The third kappa shape index (κ3) is 3.32. The molecule has 0 radical (unpaired) electrons. The zero-order valence-corrected chi connectivity index (χ0v) is 15.5. The number of furan rings is 1. The van der Waals surface area contributed by atoms with Gasteiger partial charge < -0.3 is 14.4 Å². The average molecular weight is 405 g/mol. The molecule has 1 amide bonds. The molecule has 9 nitrogen and oxygen atoms in total. The van der Waals surface area contributed by atoms with Crippen molar-refractivity contribution in [2.24, 2.45) is 0 Å². The van der Waals surface area contributed by atoms with E-state index in [0.717, 1.165) is 6.07 Å². The SMILES string of the molecule is O=C1C(=O)N(Cc2ccccn2)C(c2ccco2)/C1=C(/O)c1cccc([N+](=O)[O-])c1. The van der Waals surface area contributed by atoms with Crippen molar-refractivity contribution in [3.8, 4) is 0 Å². The number of non-ortho nitro benzene ring substituents is 1. The zero-order valence-electron chi connectivity index (χ0n) is 15.5. The zero-order chi connectivity index (χ0) is 21.3. The second kappa shape index (κ2) is 7.63. The number of hydrogen-bond donors (Lipinski definition) is 1. The molecule has 0 saturated carbocycles. The number of nitro groups is 1. The van der Waals surface area contributed by atoms with E-state index in [9.17, 15) is 24.8 Å². The standard InChI is InChI=1S/C21H15N3O6/c25-19(13-5-3-7-15(11-13)24(28)29)17-18(16-8-4-10-30-16)23(21(27)20(17)26)12-14-6-1-2-9-22-14/h1-11,18,25H,12H2/b19-17-. The summed E-state index contributed by atoms with van der Waals surface area (Å²) in [5.41, 5.74) is 0.144. The van der Waals surface area contributed by atoms with Crippen molar-refractivity contribution in [3.63, 3.8) is 0 Å².